The van der Waals surface area contributed by atoms with Crippen molar-refractivity contribution in [2.45, 2.75) is 19.9 Å². The fourth-order valence-corrected chi connectivity index (χ4v) is 1.91. The normalized spacial score (nSPS) is 11.8. The predicted molar refractivity (Wildman–Crippen MR) is 87.1 cm³/mol. The maximum absolute atomic E-state index is 14.0. The van der Waals surface area contributed by atoms with Crippen molar-refractivity contribution in [1.29, 1.82) is 0 Å². The largest absolute Gasteiger partial charge is 0.366 e. The standard InChI is InChI=1S/C15H19FN6O/c1-8-3-10(7-19-5-8)21-14-11(13(18)23)4-12(16)15(22-14)20-6-9(2)17/h3-5,7,9H,6,17H2,1-2H3,(H2,18,23)(H2,20,21,22)/t9-/m0/s1. The zero-order valence-electron chi connectivity index (χ0n) is 12.9. The lowest BCUT2D eigenvalue weighted by molar-refractivity contribution is 0.100. The van der Waals surface area contributed by atoms with E-state index >= 15 is 0 Å². The van der Waals surface area contributed by atoms with Crippen molar-refractivity contribution >= 4 is 23.2 Å². The molecule has 0 aromatic carbocycles. The minimum absolute atomic E-state index is 0.00425. The third kappa shape index (κ3) is 4.36. The summed E-state index contributed by atoms with van der Waals surface area (Å²) in [6, 6.07) is 2.69. The van der Waals surface area contributed by atoms with Gasteiger partial charge in [-0.2, -0.15) is 0 Å². The molecule has 0 spiro atoms. The number of nitrogens with zero attached hydrogens (tertiary/aromatic N) is 2. The Morgan fingerprint density at radius 3 is 2.70 bits per heavy atom. The molecule has 0 unspecified atom stereocenters. The number of nitrogens with one attached hydrogen (secondary N) is 2. The second-order valence-corrected chi connectivity index (χ2v) is 5.31. The van der Waals surface area contributed by atoms with Crippen LogP contribution in [0.2, 0.25) is 0 Å². The molecule has 7 nitrogen and oxygen atoms in total. The molecule has 0 saturated carbocycles. The molecule has 0 saturated heterocycles. The molecular weight excluding hydrogens is 299 g/mol. The Kier molecular flexibility index (Phi) is 5.07. The first-order chi connectivity index (χ1) is 10.9. The number of amides is 1. The van der Waals surface area contributed by atoms with Gasteiger partial charge in [-0.15, -0.1) is 0 Å². The number of hydrogen-bond acceptors (Lipinski definition) is 6. The molecule has 1 atom stereocenters. The molecule has 23 heavy (non-hydrogen) atoms. The van der Waals surface area contributed by atoms with Crippen LogP contribution in [0.1, 0.15) is 22.8 Å². The maximum atomic E-state index is 14.0. The number of halogens is 1. The molecule has 122 valence electrons. The minimum atomic E-state index is -0.779. The number of aryl methyl sites for hydroxylation is 1. The molecule has 2 heterocycles. The Morgan fingerprint density at radius 2 is 2.09 bits per heavy atom. The van der Waals surface area contributed by atoms with Gasteiger partial charge in [0.15, 0.2) is 11.6 Å². The predicted octanol–water partition coefficient (Wildman–Crippen LogP) is 1.53. The highest BCUT2D eigenvalue weighted by atomic mass is 19.1. The number of carbonyl (C=O) groups is 1. The van der Waals surface area contributed by atoms with Gasteiger partial charge in [0.05, 0.1) is 17.4 Å². The Labute approximate surface area is 133 Å². The van der Waals surface area contributed by atoms with Gasteiger partial charge < -0.3 is 22.1 Å². The van der Waals surface area contributed by atoms with Crippen molar-refractivity contribution in [1.82, 2.24) is 9.97 Å². The summed E-state index contributed by atoms with van der Waals surface area (Å²) in [7, 11) is 0. The number of carbonyl (C=O) groups excluding carboxylic acids is 1. The van der Waals surface area contributed by atoms with Gasteiger partial charge in [-0.05, 0) is 31.5 Å². The van der Waals surface area contributed by atoms with Crippen molar-refractivity contribution in [2.75, 3.05) is 17.2 Å². The van der Waals surface area contributed by atoms with Crippen LogP contribution in [-0.4, -0.2) is 28.5 Å². The minimum Gasteiger partial charge on any atom is -0.366 e. The van der Waals surface area contributed by atoms with Crippen LogP contribution in [0.4, 0.5) is 21.7 Å². The average molecular weight is 318 g/mol. The van der Waals surface area contributed by atoms with Crippen molar-refractivity contribution in [3.8, 4) is 0 Å². The fraction of sp³-hybridized carbons (Fsp3) is 0.267. The van der Waals surface area contributed by atoms with Crippen molar-refractivity contribution in [2.24, 2.45) is 11.5 Å². The van der Waals surface area contributed by atoms with Crippen LogP contribution in [0, 0.1) is 12.7 Å². The molecule has 0 bridgehead atoms. The molecular formula is C15H19FN6O. The lowest BCUT2D eigenvalue weighted by Crippen LogP contribution is -2.26. The zero-order chi connectivity index (χ0) is 17.0. The lowest BCUT2D eigenvalue weighted by Gasteiger charge is -2.14. The highest BCUT2D eigenvalue weighted by Crippen LogP contribution is 2.23. The number of primary amides is 1. The molecule has 0 aliphatic rings. The summed E-state index contributed by atoms with van der Waals surface area (Å²) in [4.78, 5) is 19.7. The smallest absolute Gasteiger partial charge is 0.252 e. The van der Waals surface area contributed by atoms with E-state index in [1.165, 1.54) is 0 Å². The van der Waals surface area contributed by atoms with Gasteiger partial charge in [0.2, 0.25) is 0 Å². The second-order valence-electron chi connectivity index (χ2n) is 5.31. The van der Waals surface area contributed by atoms with Gasteiger partial charge in [0.1, 0.15) is 5.82 Å². The second kappa shape index (κ2) is 7.01. The molecule has 2 aromatic rings. The topological polar surface area (TPSA) is 119 Å². The third-order valence-electron chi connectivity index (χ3n) is 2.97. The molecule has 1 amide bonds. The maximum Gasteiger partial charge on any atom is 0.252 e. The summed E-state index contributed by atoms with van der Waals surface area (Å²) in [6.07, 6.45) is 3.26. The van der Waals surface area contributed by atoms with Crippen LogP contribution in [0.3, 0.4) is 0 Å². The Hall–Kier alpha value is -2.74. The van der Waals surface area contributed by atoms with Gasteiger partial charge in [0, 0.05) is 18.8 Å². The Bertz CT molecular complexity index is 719. The van der Waals surface area contributed by atoms with Crippen LogP contribution < -0.4 is 22.1 Å². The zero-order valence-corrected chi connectivity index (χ0v) is 12.9. The number of rotatable bonds is 6. The van der Waals surface area contributed by atoms with Gasteiger partial charge in [-0.1, -0.05) is 0 Å². The van der Waals surface area contributed by atoms with Gasteiger partial charge >= 0.3 is 0 Å². The van der Waals surface area contributed by atoms with Crippen LogP contribution in [0.15, 0.2) is 24.5 Å². The summed E-state index contributed by atoms with van der Waals surface area (Å²) < 4.78 is 14.0. The molecule has 2 rings (SSSR count). The summed E-state index contributed by atoms with van der Waals surface area (Å²) in [5.41, 5.74) is 12.4. The quantitative estimate of drug-likeness (QED) is 0.641. The van der Waals surface area contributed by atoms with E-state index in [2.05, 4.69) is 20.6 Å². The van der Waals surface area contributed by atoms with E-state index in [4.69, 9.17) is 11.5 Å². The average Bonchev–Trinajstić information content (AvgIpc) is 2.47. The molecule has 6 N–H and O–H groups in total. The summed E-state index contributed by atoms with van der Waals surface area (Å²) >= 11 is 0. The number of aromatic nitrogens is 2. The lowest BCUT2D eigenvalue weighted by atomic mass is 10.2. The summed E-state index contributed by atoms with van der Waals surface area (Å²) in [5, 5.41) is 5.73. The van der Waals surface area contributed by atoms with Crippen LogP contribution in [-0.2, 0) is 0 Å². The van der Waals surface area contributed by atoms with Crippen molar-refractivity contribution in [3.05, 3.63) is 41.5 Å². The summed E-state index contributed by atoms with van der Waals surface area (Å²) in [5.74, 6) is -1.31. The van der Waals surface area contributed by atoms with E-state index in [1.807, 2.05) is 13.0 Å². The first-order valence-corrected chi connectivity index (χ1v) is 7.05. The first kappa shape index (κ1) is 16.6. The Morgan fingerprint density at radius 1 is 1.35 bits per heavy atom. The third-order valence-corrected chi connectivity index (χ3v) is 2.97. The highest BCUT2D eigenvalue weighted by Gasteiger charge is 2.16. The first-order valence-electron chi connectivity index (χ1n) is 7.05. The van der Waals surface area contributed by atoms with Crippen molar-refractivity contribution < 1.29 is 9.18 Å². The Balaban J connectivity index is 2.38. The van der Waals surface area contributed by atoms with E-state index in [9.17, 15) is 9.18 Å². The molecule has 2 aromatic heterocycles. The fourth-order valence-electron chi connectivity index (χ4n) is 1.91. The highest BCUT2D eigenvalue weighted by molar-refractivity contribution is 5.98. The number of anilines is 3. The van der Waals surface area contributed by atoms with Crippen LogP contribution >= 0.6 is 0 Å². The van der Waals surface area contributed by atoms with Gasteiger partial charge in [0.25, 0.3) is 5.91 Å². The van der Waals surface area contributed by atoms with E-state index in [-0.39, 0.29) is 23.2 Å². The van der Waals surface area contributed by atoms with E-state index < -0.39 is 11.7 Å². The van der Waals surface area contributed by atoms with Crippen LogP contribution in [0.5, 0.6) is 0 Å². The summed E-state index contributed by atoms with van der Waals surface area (Å²) in [6.45, 7) is 3.99. The molecule has 0 aliphatic carbocycles. The van der Waals surface area contributed by atoms with E-state index in [1.54, 1.807) is 19.3 Å². The monoisotopic (exact) mass is 318 g/mol. The molecule has 0 fully saturated rings. The van der Waals surface area contributed by atoms with Gasteiger partial charge in [-0.3, -0.25) is 9.78 Å². The number of hydrogen-bond donors (Lipinski definition) is 4. The molecule has 8 heteroatoms. The van der Waals surface area contributed by atoms with Crippen molar-refractivity contribution in [3.63, 3.8) is 0 Å². The molecule has 0 aliphatic heterocycles. The SMILES string of the molecule is Cc1cncc(Nc2nc(NC[C@H](C)N)c(F)cc2C(N)=O)c1. The van der Waals surface area contributed by atoms with E-state index in [0.29, 0.717) is 12.2 Å². The molecule has 0 radical (unpaired) electrons. The van der Waals surface area contributed by atoms with Gasteiger partial charge in [-0.25, -0.2) is 9.37 Å². The van der Waals surface area contributed by atoms with E-state index in [0.717, 1.165) is 11.6 Å². The number of pyridine rings is 2. The van der Waals surface area contributed by atoms with Crippen LogP contribution in [0.25, 0.3) is 0 Å². The number of nitrogens with two attached hydrogens (primary N) is 2.